The van der Waals surface area contributed by atoms with Crippen molar-refractivity contribution < 1.29 is 22.7 Å². The molecule has 26 heavy (non-hydrogen) atoms. The number of carbonyl (C=O) groups is 1. The number of carbonyl (C=O) groups excluding carboxylic acids is 1. The first-order chi connectivity index (χ1) is 12.0. The van der Waals surface area contributed by atoms with E-state index in [1.807, 2.05) is 39.0 Å². The third kappa shape index (κ3) is 4.10. The predicted octanol–water partition coefficient (Wildman–Crippen LogP) is 2.88. The lowest BCUT2D eigenvalue weighted by molar-refractivity contribution is -0.0510. The topological polar surface area (TPSA) is 72.9 Å². The smallest absolute Gasteiger partial charge is 0.411 e. The van der Waals surface area contributed by atoms with Crippen LogP contribution in [-0.2, 0) is 19.3 Å². The van der Waals surface area contributed by atoms with Crippen molar-refractivity contribution in [2.24, 2.45) is 0 Å². The zero-order chi connectivity index (χ0) is 19.1. The molecule has 2 heterocycles. The molecule has 7 heteroatoms. The van der Waals surface area contributed by atoms with E-state index in [2.05, 4.69) is 0 Å². The Hall–Kier alpha value is -1.86. The van der Waals surface area contributed by atoms with Crippen molar-refractivity contribution in [3.8, 4) is 0 Å². The summed E-state index contributed by atoms with van der Waals surface area (Å²) < 4.78 is 34.4. The van der Waals surface area contributed by atoms with Gasteiger partial charge in [0.05, 0.1) is 30.2 Å². The molecule has 1 saturated heterocycles. The minimum Gasteiger partial charge on any atom is -0.444 e. The number of nitrogens with zero attached hydrogens (tertiary/aromatic N) is 1. The monoisotopic (exact) mass is 379 g/mol. The molecule has 1 aromatic rings. The van der Waals surface area contributed by atoms with E-state index in [0.29, 0.717) is 24.5 Å². The van der Waals surface area contributed by atoms with Gasteiger partial charge in [-0.3, -0.25) is 4.90 Å². The molecule has 1 fully saturated rings. The third-order valence-electron chi connectivity index (χ3n) is 4.46. The van der Waals surface area contributed by atoms with E-state index in [4.69, 9.17) is 9.47 Å². The highest BCUT2D eigenvalue weighted by Crippen LogP contribution is 2.33. The van der Waals surface area contributed by atoms with Gasteiger partial charge in [-0.25, -0.2) is 13.2 Å². The second kappa shape index (κ2) is 6.70. The summed E-state index contributed by atoms with van der Waals surface area (Å²) in [6.07, 6.45) is 3.55. The van der Waals surface area contributed by atoms with Crippen LogP contribution in [0.4, 0.5) is 4.79 Å². The summed E-state index contributed by atoms with van der Waals surface area (Å²) in [6.45, 7) is 6.46. The van der Waals surface area contributed by atoms with Crippen LogP contribution in [0.3, 0.4) is 0 Å². The van der Waals surface area contributed by atoms with Crippen LogP contribution in [0.15, 0.2) is 35.2 Å². The first-order valence-corrected chi connectivity index (χ1v) is 10.5. The Morgan fingerprint density at radius 1 is 1.19 bits per heavy atom. The molecule has 2 atom stereocenters. The highest BCUT2D eigenvalue weighted by Gasteiger charge is 2.40. The number of hydrogen-bond acceptors (Lipinski definition) is 5. The Morgan fingerprint density at radius 2 is 1.85 bits per heavy atom. The van der Waals surface area contributed by atoms with Crippen LogP contribution in [0.1, 0.15) is 32.8 Å². The minimum atomic E-state index is -3.21. The Balaban J connectivity index is 1.85. The van der Waals surface area contributed by atoms with Crippen molar-refractivity contribution in [3.05, 3.63) is 35.9 Å². The lowest BCUT2D eigenvalue weighted by Crippen LogP contribution is -2.57. The maximum Gasteiger partial charge on any atom is 0.411 e. The summed E-state index contributed by atoms with van der Waals surface area (Å²) in [5, 5.41) is 0. The van der Waals surface area contributed by atoms with E-state index in [1.165, 1.54) is 6.26 Å². The van der Waals surface area contributed by atoms with Crippen molar-refractivity contribution in [1.82, 2.24) is 4.90 Å². The zero-order valence-corrected chi connectivity index (χ0v) is 16.4. The lowest BCUT2D eigenvalue weighted by atomic mass is 9.90. The molecule has 0 N–H and O–H groups in total. The van der Waals surface area contributed by atoms with Crippen LogP contribution >= 0.6 is 0 Å². The SMILES string of the molecule is CC(C)(C)OC(=O)N1C2C=C(c3ccc(S(C)(=O)=O)cc3)CC1COC2. The van der Waals surface area contributed by atoms with Gasteiger partial charge >= 0.3 is 6.09 Å². The van der Waals surface area contributed by atoms with E-state index in [1.54, 1.807) is 17.0 Å². The summed E-state index contributed by atoms with van der Waals surface area (Å²) in [6, 6.07) is 6.63. The van der Waals surface area contributed by atoms with E-state index in [0.717, 1.165) is 11.1 Å². The maximum absolute atomic E-state index is 12.6. The molecule has 0 radical (unpaired) electrons. The number of amides is 1. The fraction of sp³-hybridized carbons (Fsp3) is 0.526. The van der Waals surface area contributed by atoms with Gasteiger partial charge in [0.2, 0.25) is 0 Å². The Kier molecular flexibility index (Phi) is 4.88. The Bertz CT molecular complexity index is 820. The standard InChI is InChI=1S/C19H25NO5S/c1-19(2,3)25-18(21)20-15-9-14(10-16(20)12-24-11-15)13-5-7-17(8-6-13)26(4,22)23/h5-9,15-16H,10-12H2,1-4H3. The van der Waals surface area contributed by atoms with Gasteiger partial charge < -0.3 is 9.47 Å². The largest absolute Gasteiger partial charge is 0.444 e. The number of morpholine rings is 1. The van der Waals surface area contributed by atoms with Crippen molar-refractivity contribution in [1.29, 1.82) is 0 Å². The third-order valence-corrected chi connectivity index (χ3v) is 5.58. The van der Waals surface area contributed by atoms with E-state index < -0.39 is 15.4 Å². The predicted molar refractivity (Wildman–Crippen MR) is 98.6 cm³/mol. The highest BCUT2D eigenvalue weighted by atomic mass is 32.2. The molecule has 0 saturated carbocycles. The fourth-order valence-corrected chi connectivity index (χ4v) is 3.96. The minimum absolute atomic E-state index is 0.0850. The maximum atomic E-state index is 12.6. The molecule has 2 aliphatic heterocycles. The molecule has 6 nitrogen and oxygen atoms in total. The zero-order valence-electron chi connectivity index (χ0n) is 15.6. The van der Waals surface area contributed by atoms with E-state index >= 15 is 0 Å². The highest BCUT2D eigenvalue weighted by molar-refractivity contribution is 7.90. The van der Waals surface area contributed by atoms with Crippen LogP contribution in [0.25, 0.3) is 5.57 Å². The molecule has 2 unspecified atom stereocenters. The van der Waals surface area contributed by atoms with Crippen LogP contribution in [0.2, 0.25) is 0 Å². The summed E-state index contributed by atoms with van der Waals surface area (Å²) in [4.78, 5) is 14.6. The molecule has 0 spiro atoms. The summed E-state index contributed by atoms with van der Waals surface area (Å²) in [5.74, 6) is 0. The fourth-order valence-electron chi connectivity index (χ4n) is 3.33. The second-order valence-corrected chi connectivity index (χ2v) is 9.85. The average Bonchev–Trinajstić information content (AvgIpc) is 2.51. The van der Waals surface area contributed by atoms with Gasteiger partial charge in [-0.1, -0.05) is 18.2 Å². The lowest BCUT2D eigenvalue weighted by Gasteiger charge is -2.44. The van der Waals surface area contributed by atoms with Gasteiger partial charge in [0.1, 0.15) is 5.60 Å². The molecular weight excluding hydrogens is 354 g/mol. The van der Waals surface area contributed by atoms with Gasteiger partial charge in [0.15, 0.2) is 9.84 Å². The van der Waals surface area contributed by atoms with Gasteiger partial charge in [0.25, 0.3) is 0 Å². The van der Waals surface area contributed by atoms with E-state index in [-0.39, 0.29) is 18.2 Å². The number of sulfone groups is 1. The first kappa shape index (κ1) is 18.9. The molecule has 2 aliphatic rings. The quantitative estimate of drug-likeness (QED) is 0.790. The Morgan fingerprint density at radius 3 is 2.38 bits per heavy atom. The van der Waals surface area contributed by atoms with Gasteiger partial charge in [-0.2, -0.15) is 0 Å². The molecule has 142 valence electrons. The molecule has 2 bridgehead atoms. The van der Waals surface area contributed by atoms with E-state index in [9.17, 15) is 13.2 Å². The average molecular weight is 379 g/mol. The summed E-state index contributed by atoms with van der Waals surface area (Å²) in [5.41, 5.74) is 1.53. The number of hydrogen-bond donors (Lipinski definition) is 0. The summed E-state index contributed by atoms with van der Waals surface area (Å²) >= 11 is 0. The van der Waals surface area contributed by atoms with Crippen molar-refractivity contribution in [2.75, 3.05) is 19.5 Å². The number of fused-ring (bicyclic) bond motifs is 2. The number of ether oxygens (including phenoxy) is 2. The van der Waals surface area contributed by atoms with Gasteiger partial charge in [-0.05, 0) is 50.5 Å². The van der Waals surface area contributed by atoms with Crippen LogP contribution in [-0.4, -0.2) is 56.6 Å². The second-order valence-electron chi connectivity index (χ2n) is 7.84. The molecule has 0 aliphatic carbocycles. The van der Waals surface area contributed by atoms with Crippen LogP contribution in [0.5, 0.6) is 0 Å². The molecule has 1 aromatic carbocycles. The molecule has 0 aromatic heterocycles. The van der Waals surface area contributed by atoms with Crippen molar-refractivity contribution in [2.45, 2.75) is 49.8 Å². The van der Waals surface area contributed by atoms with Gasteiger partial charge in [0, 0.05) is 6.26 Å². The Labute approximate surface area is 154 Å². The van der Waals surface area contributed by atoms with Crippen LogP contribution in [0, 0.1) is 0 Å². The number of rotatable bonds is 2. The molecule has 3 rings (SSSR count). The first-order valence-electron chi connectivity index (χ1n) is 8.65. The summed E-state index contributed by atoms with van der Waals surface area (Å²) in [7, 11) is -3.21. The van der Waals surface area contributed by atoms with Crippen molar-refractivity contribution >= 4 is 21.5 Å². The van der Waals surface area contributed by atoms with Crippen molar-refractivity contribution in [3.63, 3.8) is 0 Å². The molecular formula is C19H25NO5S. The van der Waals surface area contributed by atoms with Crippen LogP contribution < -0.4 is 0 Å². The number of benzene rings is 1. The van der Waals surface area contributed by atoms with Gasteiger partial charge in [-0.15, -0.1) is 0 Å². The normalized spacial score (nSPS) is 23.4. The molecule has 1 amide bonds.